The van der Waals surface area contributed by atoms with E-state index in [-0.39, 0.29) is 5.82 Å². The number of alkyl carbamates (subject to hydrolysis) is 1. The summed E-state index contributed by atoms with van der Waals surface area (Å²) in [4.78, 5) is 15.1. The maximum absolute atomic E-state index is 12.6. The number of pyridine rings is 1. The number of rotatable bonds is 3. The predicted octanol–water partition coefficient (Wildman–Crippen LogP) is 2.76. The van der Waals surface area contributed by atoms with Crippen LogP contribution in [0.3, 0.4) is 0 Å². The second-order valence-electron chi connectivity index (χ2n) is 4.69. The van der Waals surface area contributed by atoms with Gasteiger partial charge in [0.1, 0.15) is 11.4 Å². The Hall–Kier alpha value is -1.91. The Balaban J connectivity index is 2.33. The van der Waals surface area contributed by atoms with Crippen molar-refractivity contribution in [2.24, 2.45) is 0 Å². The molecule has 4 nitrogen and oxygen atoms in total. The van der Waals surface area contributed by atoms with Crippen molar-refractivity contribution >= 4 is 12.2 Å². The average Bonchev–Trinajstić information content (AvgIpc) is 2.24. The first-order valence-corrected chi connectivity index (χ1v) is 5.62. The molecule has 0 aromatic carbocycles. The topological polar surface area (TPSA) is 51.2 Å². The molecule has 1 aromatic heterocycles. The molecule has 0 fully saturated rings. The molecule has 1 heterocycles. The van der Waals surface area contributed by atoms with Gasteiger partial charge in [0.05, 0.1) is 11.9 Å². The van der Waals surface area contributed by atoms with Crippen LogP contribution < -0.4 is 5.32 Å². The van der Waals surface area contributed by atoms with Crippen LogP contribution in [-0.4, -0.2) is 23.2 Å². The summed E-state index contributed by atoms with van der Waals surface area (Å²) in [6.07, 6.45) is 4.07. The van der Waals surface area contributed by atoms with Gasteiger partial charge in [-0.2, -0.15) is 0 Å². The fourth-order valence-corrected chi connectivity index (χ4v) is 1.12. The Morgan fingerprint density at radius 2 is 2.22 bits per heavy atom. The van der Waals surface area contributed by atoms with E-state index >= 15 is 0 Å². The monoisotopic (exact) mass is 252 g/mol. The lowest BCUT2D eigenvalue weighted by molar-refractivity contribution is 0.0534. The van der Waals surface area contributed by atoms with Crippen molar-refractivity contribution in [3.8, 4) is 0 Å². The molecule has 1 amide bonds. The number of halogens is 1. The number of hydrogen-bond donors (Lipinski definition) is 1. The van der Waals surface area contributed by atoms with Gasteiger partial charge in [0.15, 0.2) is 0 Å². The van der Waals surface area contributed by atoms with Crippen molar-refractivity contribution in [3.63, 3.8) is 0 Å². The normalized spacial score (nSPS) is 11.6. The Labute approximate surface area is 106 Å². The lowest BCUT2D eigenvalue weighted by atomic mass is 10.2. The van der Waals surface area contributed by atoms with Crippen molar-refractivity contribution in [2.75, 3.05) is 6.54 Å². The van der Waals surface area contributed by atoms with Crippen LogP contribution >= 0.6 is 0 Å². The first kappa shape index (κ1) is 14.2. The van der Waals surface area contributed by atoms with Gasteiger partial charge >= 0.3 is 6.09 Å². The maximum atomic E-state index is 12.6. The molecule has 0 radical (unpaired) electrons. The number of carbonyl (C=O) groups is 1. The molecule has 0 bridgehead atoms. The van der Waals surface area contributed by atoms with Crippen LogP contribution in [0.1, 0.15) is 26.5 Å². The predicted molar refractivity (Wildman–Crippen MR) is 67.5 cm³/mol. The van der Waals surface area contributed by atoms with Gasteiger partial charge in [0, 0.05) is 6.54 Å². The standard InChI is InChI=1S/C13H17FN2O2/c1-13(2,3)18-12(17)15-8-4-5-11-7-6-10(14)9-16-11/h4-7,9H,8H2,1-3H3,(H,15,17). The van der Waals surface area contributed by atoms with Gasteiger partial charge in [0.25, 0.3) is 0 Å². The van der Waals surface area contributed by atoms with Gasteiger partial charge in [-0.1, -0.05) is 6.08 Å². The summed E-state index contributed by atoms with van der Waals surface area (Å²) in [5, 5.41) is 2.57. The molecule has 98 valence electrons. The van der Waals surface area contributed by atoms with Crippen LogP contribution in [0.4, 0.5) is 9.18 Å². The summed E-state index contributed by atoms with van der Waals surface area (Å²) in [7, 11) is 0. The molecule has 18 heavy (non-hydrogen) atoms. The first-order valence-electron chi connectivity index (χ1n) is 5.62. The van der Waals surface area contributed by atoms with Crippen molar-refractivity contribution in [3.05, 3.63) is 35.9 Å². The SMILES string of the molecule is CC(C)(C)OC(=O)NCC=Cc1ccc(F)cn1. The molecule has 0 saturated heterocycles. The van der Waals surface area contributed by atoms with E-state index in [1.54, 1.807) is 39.0 Å². The van der Waals surface area contributed by atoms with E-state index in [9.17, 15) is 9.18 Å². The van der Waals surface area contributed by atoms with E-state index in [0.717, 1.165) is 6.20 Å². The molecule has 0 aliphatic heterocycles. The van der Waals surface area contributed by atoms with Gasteiger partial charge < -0.3 is 10.1 Å². The van der Waals surface area contributed by atoms with Crippen LogP contribution in [0.5, 0.6) is 0 Å². The fraction of sp³-hybridized carbons (Fsp3) is 0.385. The molecule has 0 saturated carbocycles. The quantitative estimate of drug-likeness (QED) is 0.899. The van der Waals surface area contributed by atoms with E-state index < -0.39 is 11.7 Å². The van der Waals surface area contributed by atoms with Crippen molar-refractivity contribution in [1.82, 2.24) is 10.3 Å². The van der Waals surface area contributed by atoms with Crippen molar-refractivity contribution in [2.45, 2.75) is 26.4 Å². The minimum absolute atomic E-state index is 0.327. The summed E-state index contributed by atoms with van der Waals surface area (Å²) in [5.74, 6) is -0.376. The highest BCUT2D eigenvalue weighted by atomic mass is 19.1. The second kappa shape index (κ2) is 6.14. The highest BCUT2D eigenvalue weighted by molar-refractivity contribution is 5.68. The first-order chi connectivity index (χ1) is 8.37. The number of nitrogens with one attached hydrogen (secondary N) is 1. The van der Waals surface area contributed by atoms with Gasteiger partial charge in [-0.05, 0) is 39.0 Å². The van der Waals surface area contributed by atoms with E-state index in [2.05, 4.69) is 10.3 Å². The molecule has 0 atom stereocenters. The van der Waals surface area contributed by atoms with Gasteiger partial charge in [-0.15, -0.1) is 0 Å². The highest BCUT2D eigenvalue weighted by Crippen LogP contribution is 2.06. The molecule has 0 aliphatic carbocycles. The number of carbonyl (C=O) groups excluding carboxylic acids is 1. The molecular formula is C13H17FN2O2. The van der Waals surface area contributed by atoms with E-state index in [1.165, 1.54) is 6.07 Å². The van der Waals surface area contributed by atoms with Gasteiger partial charge in [-0.25, -0.2) is 9.18 Å². The maximum Gasteiger partial charge on any atom is 0.407 e. The molecule has 0 aliphatic rings. The number of ether oxygens (including phenoxy) is 1. The highest BCUT2D eigenvalue weighted by Gasteiger charge is 2.14. The Morgan fingerprint density at radius 3 is 2.78 bits per heavy atom. The third-order valence-corrected chi connectivity index (χ3v) is 1.80. The molecule has 0 unspecified atom stereocenters. The Morgan fingerprint density at radius 1 is 1.50 bits per heavy atom. The summed E-state index contributed by atoms with van der Waals surface area (Å²) in [6, 6.07) is 2.88. The van der Waals surface area contributed by atoms with Crippen LogP contribution in [-0.2, 0) is 4.74 Å². The van der Waals surface area contributed by atoms with Crippen molar-refractivity contribution in [1.29, 1.82) is 0 Å². The van der Waals surface area contributed by atoms with Gasteiger partial charge in [-0.3, -0.25) is 4.98 Å². The summed E-state index contributed by atoms with van der Waals surface area (Å²) in [5.41, 5.74) is 0.120. The molecule has 0 spiro atoms. The van der Waals surface area contributed by atoms with Crippen LogP contribution in [0.15, 0.2) is 24.4 Å². The molecule has 1 rings (SSSR count). The lowest BCUT2D eigenvalue weighted by Crippen LogP contribution is -2.32. The van der Waals surface area contributed by atoms with Crippen LogP contribution in [0, 0.1) is 5.82 Å². The summed E-state index contributed by atoms with van der Waals surface area (Å²) in [6.45, 7) is 5.72. The lowest BCUT2D eigenvalue weighted by Gasteiger charge is -2.19. The summed E-state index contributed by atoms with van der Waals surface area (Å²) >= 11 is 0. The Kier molecular flexibility index (Phi) is 4.83. The minimum Gasteiger partial charge on any atom is -0.444 e. The zero-order chi connectivity index (χ0) is 13.6. The number of hydrogen-bond acceptors (Lipinski definition) is 3. The third-order valence-electron chi connectivity index (χ3n) is 1.80. The molecule has 5 heteroatoms. The zero-order valence-corrected chi connectivity index (χ0v) is 10.7. The van der Waals surface area contributed by atoms with E-state index in [0.29, 0.717) is 12.2 Å². The largest absolute Gasteiger partial charge is 0.444 e. The number of aromatic nitrogens is 1. The molecule has 1 N–H and O–H groups in total. The smallest absolute Gasteiger partial charge is 0.407 e. The zero-order valence-electron chi connectivity index (χ0n) is 10.7. The molecular weight excluding hydrogens is 235 g/mol. The van der Waals surface area contributed by atoms with Crippen molar-refractivity contribution < 1.29 is 13.9 Å². The fourth-order valence-electron chi connectivity index (χ4n) is 1.12. The second-order valence-corrected chi connectivity index (χ2v) is 4.69. The van der Waals surface area contributed by atoms with E-state index in [1.807, 2.05) is 0 Å². The Bertz CT molecular complexity index is 422. The summed E-state index contributed by atoms with van der Waals surface area (Å²) < 4.78 is 17.6. The minimum atomic E-state index is -0.508. The van der Waals surface area contributed by atoms with E-state index in [4.69, 9.17) is 4.74 Å². The van der Waals surface area contributed by atoms with Crippen LogP contribution in [0.25, 0.3) is 6.08 Å². The van der Waals surface area contributed by atoms with Crippen LogP contribution in [0.2, 0.25) is 0 Å². The third kappa shape index (κ3) is 5.98. The number of amides is 1. The van der Waals surface area contributed by atoms with Gasteiger partial charge in [0.2, 0.25) is 0 Å². The molecule has 1 aromatic rings. The number of nitrogens with zero attached hydrogens (tertiary/aromatic N) is 1. The average molecular weight is 252 g/mol.